The Morgan fingerprint density at radius 3 is 2.61 bits per heavy atom. The molecule has 0 aromatic heterocycles. The Morgan fingerprint density at radius 1 is 1.39 bits per heavy atom. The molecule has 1 rings (SSSR count). The van der Waals surface area contributed by atoms with E-state index in [4.69, 9.17) is 5.11 Å². The first-order chi connectivity index (χ1) is 8.41. The number of phenolic OH excluding ortho intramolecular Hbond substituents is 1. The van der Waals surface area contributed by atoms with E-state index >= 15 is 0 Å². The molecule has 6 heteroatoms. The highest BCUT2D eigenvalue weighted by molar-refractivity contribution is 5.94. The SMILES string of the molecule is CN(C)C(=O)CCNC(=O)c1ccc(O)cc1F. The van der Waals surface area contributed by atoms with Gasteiger partial charge in [-0.2, -0.15) is 0 Å². The van der Waals surface area contributed by atoms with E-state index in [9.17, 15) is 14.0 Å². The topological polar surface area (TPSA) is 69.6 Å². The van der Waals surface area contributed by atoms with Crippen LogP contribution in [-0.4, -0.2) is 42.5 Å². The van der Waals surface area contributed by atoms with E-state index in [1.54, 1.807) is 14.1 Å². The molecule has 0 spiro atoms. The average Bonchev–Trinajstić information content (AvgIpc) is 2.28. The third-order valence-corrected chi connectivity index (χ3v) is 2.32. The van der Waals surface area contributed by atoms with E-state index in [-0.39, 0.29) is 30.2 Å². The summed E-state index contributed by atoms with van der Waals surface area (Å²) in [4.78, 5) is 24.2. The van der Waals surface area contributed by atoms with E-state index in [0.717, 1.165) is 6.07 Å². The number of halogens is 1. The van der Waals surface area contributed by atoms with Gasteiger partial charge in [0.1, 0.15) is 11.6 Å². The smallest absolute Gasteiger partial charge is 0.254 e. The minimum atomic E-state index is -0.800. The highest BCUT2D eigenvalue weighted by Gasteiger charge is 2.12. The Labute approximate surface area is 104 Å². The summed E-state index contributed by atoms with van der Waals surface area (Å²) in [5.74, 6) is -1.78. The molecule has 0 aliphatic carbocycles. The summed E-state index contributed by atoms with van der Waals surface area (Å²) in [5, 5.41) is 11.4. The van der Waals surface area contributed by atoms with Crippen LogP contribution in [0.25, 0.3) is 0 Å². The number of rotatable bonds is 4. The Morgan fingerprint density at radius 2 is 2.06 bits per heavy atom. The van der Waals surface area contributed by atoms with Gasteiger partial charge in [0.15, 0.2) is 0 Å². The van der Waals surface area contributed by atoms with E-state index in [2.05, 4.69) is 5.32 Å². The van der Waals surface area contributed by atoms with Crippen molar-refractivity contribution >= 4 is 11.8 Å². The molecule has 0 fully saturated rings. The molecule has 2 amide bonds. The first-order valence-electron chi connectivity index (χ1n) is 5.38. The van der Waals surface area contributed by atoms with Crippen LogP contribution in [-0.2, 0) is 4.79 Å². The molecule has 1 aromatic rings. The monoisotopic (exact) mass is 254 g/mol. The van der Waals surface area contributed by atoms with Gasteiger partial charge in [0.25, 0.3) is 5.91 Å². The first-order valence-corrected chi connectivity index (χ1v) is 5.38. The molecule has 0 heterocycles. The van der Waals surface area contributed by atoms with Crippen molar-refractivity contribution in [1.29, 1.82) is 0 Å². The zero-order valence-electron chi connectivity index (χ0n) is 10.2. The van der Waals surface area contributed by atoms with Crippen molar-refractivity contribution in [2.45, 2.75) is 6.42 Å². The number of hydrogen-bond acceptors (Lipinski definition) is 3. The van der Waals surface area contributed by atoms with Crippen molar-refractivity contribution in [2.24, 2.45) is 0 Å². The molecule has 18 heavy (non-hydrogen) atoms. The molecule has 0 bridgehead atoms. The van der Waals surface area contributed by atoms with Crippen LogP contribution in [0.3, 0.4) is 0 Å². The number of amides is 2. The van der Waals surface area contributed by atoms with Crippen LogP contribution in [0.4, 0.5) is 4.39 Å². The van der Waals surface area contributed by atoms with E-state index < -0.39 is 11.7 Å². The number of benzene rings is 1. The normalized spacial score (nSPS) is 9.94. The predicted octanol–water partition coefficient (Wildman–Crippen LogP) is 0.739. The molecular weight excluding hydrogens is 239 g/mol. The van der Waals surface area contributed by atoms with Crippen molar-refractivity contribution in [3.8, 4) is 5.75 Å². The van der Waals surface area contributed by atoms with Gasteiger partial charge in [-0.05, 0) is 12.1 Å². The van der Waals surface area contributed by atoms with Gasteiger partial charge in [-0.25, -0.2) is 4.39 Å². The number of hydrogen-bond donors (Lipinski definition) is 2. The molecular formula is C12H15FN2O3. The van der Waals surface area contributed by atoms with Crippen molar-refractivity contribution in [2.75, 3.05) is 20.6 Å². The summed E-state index contributed by atoms with van der Waals surface area (Å²) in [6.07, 6.45) is 0.151. The largest absolute Gasteiger partial charge is 0.508 e. The minimum absolute atomic E-state index is 0.124. The molecule has 1 aromatic carbocycles. The average molecular weight is 254 g/mol. The Kier molecular flexibility index (Phi) is 4.65. The predicted molar refractivity (Wildman–Crippen MR) is 63.7 cm³/mol. The van der Waals surface area contributed by atoms with Crippen LogP contribution in [0.5, 0.6) is 5.75 Å². The van der Waals surface area contributed by atoms with Gasteiger partial charge in [-0.15, -0.1) is 0 Å². The summed E-state index contributed by atoms with van der Waals surface area (Å²) in [7, 11) is 3.23. The lowest BCUT2D eigenvalue weighted by atomic mass is 10.2. The van der Waals surface area contributed by atoms with Crippen molar-refractivity contribution in [3.05, 3.63) is 29.6 Å². The second kappa shape index (κ2) is 6.00. The van der Waals surface area contributed by atoms with Crippen LogP contribution in [0, 0.1) is 5.82 Å². The summed E-state index contributed by atoms with van der Waals surface area (Å²) in [6.45, 7) is 0.135. The second-order valence-corrected chi connectivity index (χ2v) is 3.96. The van der Waals surface area contributed by atoms with Crippen molar-refractivity contribution < 1.29 is 19.1 Å². The lowest BCUT2D eigenvalue weighted by Gasteiger charge is -2.10. The number of nitrogens with zero attached hydrogens (tertiary/aromatic N) is 1. The fraction of sp³-hybridized carbons (Fsp3) is 0.333. The molecule has 98 valence electrons. The summed E-state index contributed by atoms with van der Waals surface area (Å²) in [6, 6.07) is 3.27. The maximum absolute atomic E-state index is 13.3. The fourth-order valence-electron chi connectivity index (χ4n) is 1.29. The number of carbonyl (C=O) groups excluding carboxylic acids is 2. The van der Waals surface area contributed by atoms with Crippen LogP contribution < -0.4 is 5.32 Å². The maximum atomic E-state index is 13.3. The van der Waals surface area contributed by atoms with Crippen LogP contribution >= 0.6 is 0 Å². The van der Waals surface area contributed by atoms with E-state index in [1.165, 1.54) is 17.0 Å². The minimum Gasteiger partial charge on any atom is -0.508 e. The molecule has 0 atom stereocenters. The molecule has 0 unspecified atom stereocenters. The highest BCUT2D eigenvalue weighted by atomic mass is 19.1. The molecule has 0 saturated carbocycles. The quantitative estimate of drug-likeness (QED) is 0.832. The van der Waals surface area contributed by atoms with Crippen molar-refractivity contribution in [3.63, 3.8) is 0 Å². The molecule has 0 aliphatic rings. The molecule has 0 aliphatic heterocycles. The summed E-state index contributed by atoms with van der Waals surface area (Å²) in [5.41, 5.74) is -0.162. The molecule has 0 radical (unpaired) electrons. The summed E-state index contributed by atoms with van der Waals surface area (Å²) >= 11 is 0. The Hall–Kier alpha value is -2.11. The van der Waals surface area contributed by atoms with Gasteiger partial charge in [-0.1, -0.05) is 0 Å². The molecule has 0 saturated heterocycles. The van der Waals surface area contributed by atoms with Gasteiger partial charge in [0.05, 0.1) is 5.56 Å². The number of nitrogens with one attached hydrogen (secondary N) is 1. The molecule has 2 N–H and O–H groups in total. The fourth-order valence-corrected chi connectivity index (χ4v) is 1.29. The highest BCUT2D eigenvalue weighted by Crippen LogP contribution is 2.14. The Balaban J connectivity index is 2.53. The zero-order chi connectivity index (χ0) is 13.7. The summed E-state index contributed by atoms with van der Waals surface area (Å²) < 4.78 is 13.3. The first kappa shape index (κ1) is 14.0. The van der Waals surface area contributed by atoms with Gasteiger partial charge in [0, 0.05) is 33.1 Å². The second-order valence-electron chi connectivity index (χ2n) is 3.96. The lowest BCUT2D eigenvalue weighted by molar-refractivity contribution is -0.128. The third kappa shape index (κ3) is 3.73. The van der Waals surface area contributed by atoms with Gasteiger partial charge in [0.2, 0.25) is 5.91 Å². The van der Waals surface area contributed by atoms with Gasteiger partial charge >= 0.3 is 0 Å². The van der Waals surface area contributed by atoms with E-state index in [1.807, 2.05) is 0 Å². The van der Waals surface area contributed by atoms with E-state index in [0.29, 0.717) is 0 Å². The number of aromatic hydroxyl groups is 1. The number of phenols is 1. The third-order valence-electron chi connectivity index (χ3n) is 2.32. The number of carbonyl (C=O) groups is 2. The Bertz CT molecular complexity index is 461. The van der Waals surface area contributed by atoms with Crippen molar-refractivity contribution in [1.82, 2.24) is 10.2 Å². The molecule has 5 nitrogen and oxygen atoms in total. The lowest BCUT2D eigenvalue weighted by Crippen LogP contribution is -2.30. The van der Waals surface area contributed by atoms with Crippen LogP contribution in [0.2, 0.25) is 0 Å². The van der Waals surface area contributed by atoms with Crippen LogP contribution in [0.1, 0.15) is 16.8 Å². The standard InChI is InChI=1S/C12H15FN2O3/c1-15(2)11(17)5-6-14-12(18)9-4-3-8(16)7-10(9)13/h3-4,7,16H,5-6H2,1-2H3,(H,14,18). The van der Waals surface area contributed by atoms with Crippen LogP contribution in [0.15, 0.2) is 18.2 Å². The van der Waals surface area contributed by atoms with Gasteiger partial charge < -0.3 is 15.3 Å². The van der Waals surface area contributed by atoms with Gasteiger partial charge in [-0.3, -0.25) is 9.59 Å². The zero-order valence-corrected chi connectivity index (χ0v) is 10.2. The maximum Gasteiger partial charge on any atom is 0.254 e.